The summed E-state index contributed by atoms with van der Waals surface area (Å²) in [6.45, 7) is 5.08. The van der Waals surface area contributed by atoms with Crippen molar-refractivity contribution < 1.29 is 78.9 Å². The summed E-state index contributed by atoms with van der Waals surface area (Å²) in [6, 6.07) is 7.23. The molecule has 0 saturated carbocycles. The maximum atomic E-state index is 11.2. The van der Waals surface area contributed by atoms with Gasteiger partial charge < -0.3 is 19.8 Å². The van der Waals surface area contributed by atoms with E-state index < -0.39 is 17.9 Å². The van der Waals surface area contributed by atoms with Gasteiger partial charge in [-0.2, -0.15) is 0 Å². The zero-order valence-corrected chi connectivity index (χ0v) is 17.2. The molecule has 4 nitrogen and oxygen atoms in total. The van der Waals surface area contributed by atoms with Crippen LogP contribution in [0, 0.1) is 12.8 Å². The van der Waals surface area contributed by atoms with Gasteiger partial charge in [-0.05, 0) is 41.5 Å². The average Bonchev–Trinajstić information content (AvgIpc) is 2.29. The van der Waals surface area contributed by atoms with Crippen molar-refractivity contribution in [1.82, 2.24) is 0 Å². The summed E-state index contributed by atoms with van der Waals surface area (Å²) in [6.07, 6.45) is 0.0243. The van der Waals surface area contributed by atoms with Crippen LogP contribution in [0.4, 0.5) is 0 Å². The molecule has 102 valence electrons. The Morgan fingerprint density at radius 1 is 1.05 bits per heavy atom. The van der Waals surface area contributed by atoms with E-state index in [2.05, 4.69) is 0 Å². The van der Waals surface area contributed by atoms with Gasteiger partial charge in [0.05, 0.1) is 11.9 Å². The van der Waals surface area contributed by atoms with Gasteiger partial charge in [0.2, 0.25) is 0 Å². The van der Waals surface area contributed by atoms with Crippen LogP contribution in [-0.4, -0.2) is 11.9 Å². The van der Waals surface area contributed by atoms with Gasteiger partial charge in [-0.1, -0.05) is 38.1 Å². The minimum atomic E-state index is -1.46. The quantitative estimate of drug-likeness (QED) is 0.401. The number of hydrogen-bond donors (Lipinski definition) is 0. The molecule has 0 fully saturated rings. The summed E-state index contributed by atoms with van der Waals surface area (Å²) >= 11 is 0. The smallest absolute Gasteiger partial charge is 0.545 e. The fourth-order valence-electron chi connectivity index (χ4n) is 1.98. The van der Waals surface area contributed by atoms with Crippen LogP contribution in [0.25, 0.3) is 0 Å². The Hall–Kier alpha value is -0.1000. The van der Waals surface area contributed by atoms with E-state index in [1.54, 1.807) is 26.0 Å². The van der Waals surface area contributed by atoms with Crippen LogP contribution in [0.5, 0.6) is 0 Å². The Morgan fingerprint density at radius 3 is 1.95 bits per heavy atom. The van der Waals surface area contributed by atoms with E-state index in [4.69, 9.17) is 0 Å². The molecule has 0 radical (unpaired) electrons. The van der Waals surface area contributed by atoms with E-state index in [0.29, 0.717) is 0 Å². The van der Waals surface area contributed by atoms with Crippen molar-refractivity contribution in [2.24, 2.45) is 5.92 Å². The van der Waals surface area contributed by atoms with Crippen LogP contribution >= 0.6 is 0 Å². The Bertz CT molecular complexity index is 536. The van der Waals surface area contributed by atoms with E-state index >= 15 is 0 Å². The monoisotopic (exact) mass is 306 g/mol. The number of aryl methyl sites for hydroxylation is 1. The second-order valence-corrected chi connectivity index (χ2v) is 4.73. The van der Waals surface area contributed by atoms with Crippen LogP contribution < -0.4 is 69.3 Å². The van der Waals surface area contributed by atoms with Gasteiger partial charge in [0.25, 0.3) is 0 Å². The molecular formula is C15H16Na2O4. The Labute approximate surface area is 169 Å². The molecule has 0 N–H and O–H groups in total. The Balaban J connectivity index is 0. The van der Waals surface area contributed by atoms with Gasteiger partial charge in [-0.25, -0.2) is 0 Å². The first-order valence-corrected chi connectivity index (χ1v) is 6.04. The summed E-state index contributed by atoms with van der Waals surface area (Å²) in [7, 11) is 0. The number of aliphatic carboxylic acids is 2. The molecule has 0 atom stereocenters. The van der Waals surface area contributed by atoms with E-state index in [1.807, 2.05) is 19.1 Å². The van der Waals surface area contributed by atoms with E-state index in [-0.39, 0.29) is 76.7 Å². The minimum Gasteiger partial charge on any atom is -0.545 e. The van der Waals surface area contributed by atoms with Crippen LogP contribution in [0.3, 0.4) is 0 Å². The van der Waals surface area contributed by atoms with Gasteiger partial charge in [0.1, 0.15) is 0 Å². The van der Waals surface area contributed by atoms with Crippen molar-refractivity contribution in [3.8, 4) is 0 Å². The van der Waals surface area contributed by atoms with Gasteiger partial charge in [-0.3, -0.25) is 0 Å². The number of rotatable bonds is 5. The fraction of sp³-hybridized carbons (Fsp3) is 0.333. The van der Waals surface area contributed by atoms with Crippen LogP contribution in [0.1, 0.15) is 25.0 Å². The molecule has 0 aliphatic carbocycles. The van der Waals surface area contributed by atoms with Crippen LogP contribution in [0.2, 0.25) is 0 Å². The molecule has 6 heteroatoms. The van der Waals surface area contributed by atoms with Crippen molar-refractivity contribution in [3.63, 3.8) is 0 Å². The van der Waals surface area contributed by atoms with E-state index in [9.17, 15) is 19.8 Å². The number of carboxylic acids is 2. The molecule has 0 aliphatic heterocycles. The maximum Gasteiger partial charge on any atom is 1.00 e. The first-order valence-electron chi connectivity index (χ1n) is 6.04. The molecule has 1 rings (SSSR count). The molecule has 0 amide bonds. The summed E-state index contributed by atoms with van der Waals surface area (Å²) in [5, 5.41) is 22.3. The first kappa shape index (κ1) is 23.2. The molecule has 0 aliphatic rings. The molecule has 0 unspecified atom stereocenters. The molecular weight excluding hydrogens is 290 g/mol. The minimum absolute atomic E-state index is 0. The first-order chi connectivity index (χ1) is 8.84. The van der Waals surface area contributed by atoms with E-state index in [1.165, 1.54) is 0 Å². The third kappa shape index (κ3) is 6.68. The average molecular weight is 306 g/mol. The molecule has 0 bridgehead atoms. The van der Waals surface area contributed by atoms with Crippen molar-refractivity contribution in [2.45, 2.75) is 27.2 Å². The van der Waals surface area contributed by atoms with Crippen molar-refractivity contribution in [1.29, 1.82) is 0 Å². The third-order valence-electron chi connectivity index (χ3n) is 3.00. The SMILES string of the molecule is Cc1ccccc1C/C(C(=O)[O-])=C(/C(=O)[O-])C(C)C.[Na+].[Na+]. The number of benzene rings is 1. The summed E-state index contributed by atoms with van der Waals surface area (Å²) in [4.78, 5) is 22.3. The topological polar surface area (TPSA) is 80.3 Å². The predicted molar refractivity (Wildman–Crippen MR) is 66.8 cm³/mol. The molecule has 0 heterocycles. The van der Waals surface area contributed by atoms with Gasteiger partial charge >= 0.3 is 59.1 Å². The zero-order valence-electron chi connectivity index (χ0n) is 13.2. The van der Waals surface area contributed by atoms with Crippen molar-refractivity contribution in [2.75, 3.05) is 0 Å². The Kier molecular flexibility index (Phi) is 11.7. The summed E-state index contributed by atoms with van der Waals surface area (Å²) < 4.78 is 0. The van der Waals surface area contributed by atoms with Gasteiger partial charge in [0.15, 0.2) is 0 Å². The second-order valence-electron chi connectivity index (χ2n) is 4.73. The normalized spacial score (nSPS) is 11.0. The fourth-order valence-corrected chi connectivity index (χ4v) is 1.98. The molecule has 1 aromatic carbocycles. The van der Waals surface area contributed by atoms with Crippen LogP contribution in [-0.2, 0) is 16.0 Å². The molecule has 21 heavy (non-hydrogen) atoms. The van der Waals surface area contributed by atoms with Gasteiger partial charge in [0, 0.05) is 0 Å². The maximum absolute atomic E-state index is 11.2. The van der Waals surface area contributed by atoms with Gasteiger partial charge in [-0.15, -0.1) is 0 Å². The molecule has 0 aromatic heterocycles. The van der Waals surface area contributed by atoms with Crippen molar-refractivity contribution >= 4 is 11.9 Å². The second kappa shape index (κ2) is 10.6. The molecule has 0 saturated heterocycles. The number of carbonyl (C=O) groups is 2. The number of carboxylic acid groups (broad SMARTS) is 2. The standard InChI is InChI=1S/C15H18O4.2Na/c1-9(2)13(15(18)19)12(14(16)17)8-11-7-5-4-6-10(11)3;;/h4-7,9H,8H2,1-3H3,(H,16,17)(H,18,19);;/q;2*+1/p-2/b13-12-;;. The largest absolute Gasteiger partial charge is 1.00 e. The van der Waals surface area contributed by atoms with Crippen LogP contribution in [0.15, 0.2) is 35.4 Å². The predicted octanol–water partition coefficient (Wildman–Crippen LogP) is -6.00. The molecule has 1 aromatic rings. The molecule has 0 spiro atoms. The number of carbonyl (C=O) groups excluding carboxylic acids is 2. The van der Waals surface area contributed by atoms with Crippen molar-refractivity contribution in [3.05, 3.63) is 46.5 Å². The van der Waals surface area contributed by atoms with E-state index in [0.717, 1.165) is 11.1 Å². The summed E-state index contributed by atoms with van der Waals surface area (Å²) in [5.74, 6) is -3.36. The summed E-state index contributed by atoms with van der Waals surface area (Å²) in [5.41, 5.74) is 1.25. The zero-order chi connectivity index (χ0) is 14.6. The number of hydrogen-bond acceptors (Lipinski definition) is 4. The Morgan fingerprint density at radius 2 is 1.57 bits per heavy atom. The third-order valence-corrected chi connectivity index (χ3v) is 3.00.